The van der Waals surface area contributed by atoms with E-state index in [2.05, 4.69) is 30.9 Å². The third-order valence-corrected chi connectivity index (χ3v) is 1.45. The van der Waals surface area contributed by atoms with Crippen molar-refractivity contribution in [2.24, 2.45) is 0 Å². The van der Waals surface area contributed by atoms with Crippen molar-refractivity contribution in [3.05, 3.63) is 22.4 Å². The number of carbonyl (C=O) groups is 1. The Morgan fingerprint density at radius 3 is 3.00 bits per heavy atom. The van der Waals surface area contributed by atoms with Crippen LogP contribution in [0.1, 0.15) is 10.5 Å². The maximum Gasteiger partial charge on any atom is 0.358 e. The lowest BCUT2D eigenvalue weighted by atomic mass is 10.4. The van der Waals surface area contributed by atoms with Crippen molar-refractivity contribution in [1.82, 2.24) is 10.2 Å². The summed E-state index contributed by atoms with van der Waals surface area (Å²) in [7, 11) is 1.30. The summed E-state index contributed by atoms with van der Waals surface area (Å²) in [5.74, 6) is -0.487. The SMILES string of the molecule is COC(=O)c1cc(Br)cnn1. The zero-order valence-electron chi connectivity index (χ0n) is 5.74. The zero-order chi connectivity index (χ0) is 8.27. The number of aromatic nitrogens is 2. The Balaban J connectivity index is 2.96. The maximum atomic E-state index is 10.8. The van der Waals surface area contributed by atoms with Crippen molar-refractivity contribution in [1.29, 1.82) is 0 Å². The first-order chi connectivity index (χ1) is 5.24. The van der Waals surface area contributed by atoms with Crippen LogP contribution in [0.15, 0.2) is 16.7 Å². The van der Waals surface area contributed by atoms with E-state index in [4.69, 9.17) is 0 Å². The molecule has 0 bridgehead atoms. The summed E-state index contributed by atoms with van der Waals surface area (Å²) in [5.41, 5.74) is 0.196. The molecule has 0 aromatic carbocycles. The molecule has 0 unspecified atom stereocenters. The number of nitrogens with zero attached hydrogens (tertiary/aromatic N) is 2. The number of esters is 1. The van der Waals surface area contributed by atoms with Crippen LogP contribution in [0.25, 0.3) is 0 Å². The summed E-state index contributed by atoms with van der Waals surface area (Å²) < 4.78 is 5.13. The average molecular weight is 217 g/mol. The van der Waals surface area contributed by atoms with Gasteiger partial charge < -0.3 is 4.74 Å². The molecule has 0 fully saturated rings. The predicted molar refractivity (Wildman–Crippen MR) is 41.1 cm³/mol. The number of ether oxygens (including phenoxy) is 1. The van der Waals surface area contributed by atoms with E-state index in [1.165, 1.54) is 13.3 Å². The molecular formula is C6H5BrN2O2. The molecule has 0 aliphatic carbocycles. The molecule has 5 heteroatoms. The van der Waals surface area contributed by atoms with E-state index < -0.39 is 5.97 Å². The lowest BCUT2D eigenvalue weighted by molar-refractivity contribution is 0.0592. The molecule has 1 rings (SSSR count). The van der Waals surface area contributed by atoms with Crippen molar-refractivity contribution >= 4 is 21.9 Å². The van der Waals surface area contributed by atoms with E-state index in [1.54, 1.807) is 6.07 Å². The molecule has 0 aliphatic heterocycles. The minimum absolute atomic E-state index is 0.196. The normalized spacial score (nSPS) is 9.27. The van der Waals surface area contributed by atoms with Crippen LogP contribution in [-0.2, 0) is 4.74 Å². The number of hydrogen-bond acceptors (Lipinski definition) is 4. The summed E-state index contributed by atoms with van der Waals surface area (Å²) in [6, 6.07) is 1.54. The first-order valence-electron chi connectivity index (χ1n) is 2.80. The van der Waals surface area contributed by atoms with Crippen molar-refractivity contribution in [3.63, 3.8) is 0 Å². The number of rotatable bonds is 1. The molecule has 0 N–H and O–H groups in total. The van der Waals surface area contributed by atoms with Gasteiger partial charge in [-0.3, -0.25) is 0 Å². The van der Waals surface area contributed by atoms with Gasteiger partial charge in [0.05, 0.1) is 13.3 Å². The van der Waals surface area contributed by atoms with Crippen LogP contribution in [0, 0.1) is 0 Å². The summed E-state index contributed by atoms with van der Waals surface area (Å²) in [6.07, 6.45) is 1.49. The third kappa shape index (κ3) is 1.98. The van der Waals surface area contributed by atoms with Crippen molar-refractivity contribution in [2.75, 3.05) is 7.11 Å². The highest BCUT2D eigenvalue weighted by atomic mass is 79.9. The van der Waals surface area contributed by atoms with E-state index in [9.17, 15) is 4.79 Å². The van der Waals surface area contributed by atoms with Crippen LogP contribution in [0.5, 0.6) is 0 Å². The predicted octanol–water partition coefficient (Wildman–Crippen LogP) is 1.03. The van der Waals surface area contributed by atoms with Gasteiger partial charge in [0.15, 0.2) is 5.69 Å². The molecule has 0 aliphatic rings. The lowest BCUT2D eigenvalue weighted by Gasteiger charge is -1.95. The van der Waals surface area contributed by atoms with Crippen LogP contribution in [-0.4, -0.2) is 23.3 Å². The molecule has 0 spiro atoms. The van der Waals surface area contributed by atoms with Crippen LogP contribution in [0.3, 0.4) is 0 Å². The van der Waals surface area contributed by atoms with Crippen LogP contribution in [0.4, 0.5) is 0 Å². The molecule has 1 aromatic rings. The molecule has 0 radical (unpaired) electrons. The van der Waals surface area contributed by atoms with Gasteiger partial charge in [-0.1, -0.05) is 0 Å². The second kappa shape index (κ2) is 3.43. The second-order valence-corrected chi connectivity index (χ2v) is 2.67. The van der Waals surface area contributed by atoms with Crippen LogP contribution >= 0.6 is 15.9 Å². The molecule has 1 aromatic heterocycles. The van der Waals surface area contributed by atoms with E-state index in [0.29, 0.717) is 4.47 Å². The van der Waals surface area contributed by atoms with Crippen molar-refractivity contribution < 1.29 is 9.53 Å². The highest BCUT2D eigenvalue weighted by Crippen LogP contribution is 2.07. The second-order valence-electron chi connectivity index (χ2n) is 1.75. The third-order valence-electron chi connectivity index (χ3n) is 1.02. The Labute approximate surface area is 71.7 Å². The van der Waals surface area contributed by atoms with Gasteiger partial charge in [-0.2, -0.15) is 5.10 Å². The molecule has 58 valence electrons. The standard InChI is InChI=1S/C6H5BrN2O2/c1-11-6(10)5-2-4(7)3-8-9-5/h2-3H,1H3. The molecule has 0 saturated heterocycles. The number of hydrogen-bond donors (Lipinski definition) is 0. The molecule has 0 amide bonds. The zero-order valence-corrected chi connectivity index (χ0v) is 7.33. The monoisotopic (exact) mass is 216 g/mol. The van der Waals surface area contributed by atoms with Gasteiger partial charge in [0.1, 0.15) is 0 Å². The largest absolute Gasteiger partial charge is 0.464 e. The summed E-state index contributed by atoms with van der Waals surface area (Å²) in [5, 5.41) is 7.11. The van der Waals surface area contributed by atoms with E-state index in [-0.39, 0.29) is 5.69 Å². The lowest BCUT2D eigenvalue weighted by Crippen LogP contribution is -2.04. The summed E-state index contributed by atoms with van der Waals surface area (Å²) >= 11 is 3.15. The highest BCUT2D eigenvalue weighted by Gasteiger charge is 2.06. The number of methoxy groups -OCH3 is 1. The Morgan fingerprint density at radius 1 is 1.73 bits per heavy atom. The van der Waals surface area contributed by atoms with Crippen molar-refractivity contribution in [2.45, 2.75) is 0 Å². The fourth-order valence-electron chi connectivity index (χ4n) is 0.547. The molecule has 4 nitrogen and oxygen atoms in total. The fourth-order valence-corrected chi connectivity index (χ4v) is 0.856. The molecule has 11 heavy (non-hydrogen) atoms. The molecular weight excluding hydrogens is 212 g/mol. The van der Waals surface area contributed by atoms with Crippen LogP contribution in [0.2, 0.25) is 0 Å². The van der Waals surface area contributed by atoms with E-state index >= 15 is 0 Å². The van der Waals surface area contributed by atoms with Gasteiger partial charge >= 0.3 is 5.97 Å². The molecule has 0 atom stereocenters. The first-order valence-corrected chi connectivity index (χ1v) is 3.60. The van der Waals surface area contributed by atoms with Gasteiger partial charge in [-0.25, -0.2) is 4.79 Å². The summed E-state index contributed by atoms with van der Waals surface area (Å²) in [6.45, 7) is 0. The Hall–Kier alpha value is -0.970. The smallest absolute Gasteiger partial charge is 0.358 e. The quantitative estimate of drug-likeness (QED) is 0.659. The molecule has 0 saturated carbocycles. The minimum atomic E-state index is -0.487. The minimum Gasteiger partial charge on any atom is -0.464 e. The fraction of sp³-hybridized carbons (Fsp3) is 0.167. The Kier molecular flexibility index (Phi) is 2.53. The van der Waals surface area contributed by atoms with Gasteiger partial charge in [-0.05, 0) is 22.0 Å². The van der Waals surface area contributed by atoms with Gasteiger partial charge in [-0.15, -0.1) is 5.10 Å². The number of carbonyl (C=O) groups excluding carboxylic acids is 1. The maximum absolute atomic E-state index is 10.8. The number of halogens is 1. The van der Waals surface area contributed by atoms with Crippen molar-refractivity contribution in [3.8, 4) is 0 Å². The average Bonchev–Trinajstić information content (AvgIpc) is 2.03. The van der Waals surface area contributed by atoms with E-state index in [1.807, 2.05) is 0 Å². The van der Waals surface area contributed by atoms with Gasteiger partial charge in [0.25, 0.3) is 0 Å². The highest BCUT2D eigenvalue weighted by molar-refractivity contribution is 9.10. The molecule has 1 heterocycles. The van der Waals surface area contributed by atoms with Gasteiger partial charge in [0, 0.05) is 4.47 Å². The van der Waals surface area contributed by atoms with Crippen LogP contribution < -0.4 is 0 Å². The Morgan fingerprint density at radius 2 is 2.45 bits per heavy atom. The topological polar surface area (TPSA) is 52.1 Å². The first kappa shape index (κ1) is 8.13. The van der Waals surface area contributed by atoms with E-state index in [0.717, 1.165) is 0 Å². The summed E-state index contributed by atoms with van der Waals surface area (Å²) in [4.78, 5) is 10.8. The van der Waals surface area contributed by atoms with Gasteiger partial charge in [0.2, 0.25) is 0 Å². The Bertz CT molecular complexity index is 277.